The van der Waals surface area contributed by atoms with Crippen LogP contribution in [0.3, 0.4) is 0 Å². The highest BCUT2D eigenvalue weighted by atomic mass is 16.2. The van der Waals surface area contributed by atoms with E-state index < -0.39 is 23.3 Å². The maximum absolute atomic E-state index is 12.0. The summed E-state index contributed by atoms with van der Waals surface area (Å²) in [4.78, 5) is 35.1. The molecule has 0 radical (unpaired) electrons. The number of amides is 4. The number of nitrogen functional groups attached to an aromatic ring is 1. The third-order valence-corrected chi connectivity index (χ3v) is 3.16. The average molecular weight is 247 g/mol. The van der Waals surface area contributed by atoms with Gasteiger partial charge < -0.3 is 5.73 Å². The number of barbiturate groups is 1. The molecule has 1 aliphatic rings. The Morgan fingerprint density at radius 3 is 2.00 bits per heavy atom. The number of imide groups is 2. The van der Waals surface area contributed by atoms with Crippen molar-refractivity contribution in [1.29, 1.82) is 0 Å². The van der Waals surface area contributed by atoms with E-state index in [1.165, 1.54) is 0 Å². The highest BCUT2D eigenvalue weighted by Gasteiger charge is 2.50. The second-order valence-electron chi connectivity index (χ2n) is 4.12. The summed E-state index contributed by atoms with van der Waals surface area (Å²) in [5.74, 6) is -1.22. The smallest absolute Gasteiger partial charge is 0.328 e. The predicted octanol–water partition coefficient (Wildman–Crippen LogP) is 0.283. The minimum absolute atomic E-state index is 0.252. The summed E-state index contributed by atoms with van der Waals surface area (Å²) in [7, 11) is 0. The fraction of sp³-hybridized carbons (Fsp3) is 0.250. The number of nitrogens with two attached hydrogens (primary N) is 1. The summed E-state index contributed by atoms with van der Waals surface area (Å²) in [6.07, 6.45) is 0.252. The average Bonchev–Trinajstić information content (AvgIpc) is 2.31. The molecule has 1 aliphatic heterocycles. The number of anilines is 1. The van der Waals surface area contributed by atoms with Gasteiger partial charge in [-0.3, -0.25) is 20.2 Å². The number of urea groups is 1. The molecule has 18 heavy (non-hydrogen) atoms. The quantitative estimate of drug-likeness (QED) is 0.516. The molecular weight excluding hydrogens is 234 g/mol. The number of rotatable bonds is 2. The first-order valence-corrected chi connectivity index (χ1v) is 5.53. The maximum Gasteiger partial charge on any atom is 0.328 e. The lowest BCUT2D eigenvalue weighted by Gasteiger charge is -2.33. The lowest BCUT2D eigenvalue weighted by Crippen LogP contribution is -2.64. The van der Waals surface area contributed by atoms with Crippen LogP contribution in [-0.2, 0) is 15.0 Å². The minimum Gasteiger partial charge on any atom is -0.399 e. The van der Waals surface area contributed by atoms with E-state index in [1.54, 1.807) is 31.2 Å². The zero-order valence-corrected chi connectivity index (χ0v) is 9.82. The molecule has 0 saturated carbocycles. The van der Waals surface area contributed by atoms with Gasteiger partial charge in [0.1, 0.15) is 0 Å². The highest BCUT2D eigenvalue weighted by molar-refractivity contribution is 6.22. The van der Waals surface area contributed by atoms with Crippen molar-refractivity contribution in [3.8, 4) is 0 Å². The summed E-state index contributed by atoms with van der Waals surface area (Å²) < 4.78 is 0. The molecule has 1 aromatic rings. The van der Waals surface area contributed by atoms with Crippen molar-refractivity contribution in [2.75, 3.05) is 5.73 Å². The third kappa shape index (κ3) is 1.62. The molecule has 1 fully saturated rings. The largest absolute Gasteiger partial charge is 0.399 e. The molecule has 6 nitrogen and oxygen atoms in total. The molecule has 4 N–H and O–H groups in total. The van der Waals surface area contributed by atoms with Crippen LogP contribution in [0.1, 0.15) is 18.9 Å². The predicted molar refractivity (Wildman–Crippen MR) is 64.5 cm³/mol. The summed E-state index contributed by atoms with van der Waals surface area (Å²) in [5.41, 5.74) is 5.26. The number of benzene rings is 1. The lowest BCUT2D eigenvalue weighted by atomic mass is 9.75. The molecule has 1 heterocycles. The van der Waals surface area contributed by atoms with Crippen LogP contribution in [0.5, 0.6) is 0 Å². The maximum atomic E-state index is 12.0. The molecule has 0 aliphatic carbocycles. The van der Waals surface area contributed by atoms with Gasteiger partial charge in [-0.05, 0) is 24.1 Å². The van der Waals surface area contributed by atoms with Crippen LogP contribution in [-0.4, -0.2) is 17.8 Å². The number of hydrogen-bond donors (Lipinski definition) is 3. The van der Waals surface area contributed by atoms with Crippen LogP contribution >= 0.6 is 0 Å². The standard InChI is InChI=1S/C12H13N3O3/c1-2-12(7-3-5-8(13)6-4-7)9(16)14-11(18)15-10(12)17/h3-6H,2,13H2,1H3,(H2,14,15,16,17,18). The fourth-order valence-corrected chi connectivity index (χ4v) is 2.11. The molecule has 0 unspecified atom stereocenters. The van der Waals surface area contributed by atoms with Gasteiger partial charge in [-0.15, -0.1) is 0 Å². The van der Waals surface area contributed by atoms with E-state index >= 15 is 0 Å². The zero-order valence-electron chi connectivity index (χ0n) is 9.82. The minimum atomic E-state index is -1.37. The third-order valence-electron chi connectivity index (χ3n) is 3.16. The van der Waals surface area contributed by atoms with Crippen LogP contribution in [0.4, 0.5) is 10.5 Å². The van der Waals surface area contributed by atoms with Gasteiger partial charge in [0.25, 0.3) is 0 Å². The molecule has 0 aromatic heterocycles. The second kappa shape index (κ2) is 4.14. The molecule has 1 aromatic carbocycles. The van der Waals surface area contributed by atoms with Crippen molar-refractivity contribution in [2.24, 2.45) is 0 Å². The van der Waals surface area contributed by atoms with Gasteiger partial charge in [0.2, 0.25) is 11.8 Å². The van der Waals surface area contributed by atoms with Gasteiger partial charge in [0, 0.05) is 5.69 Å². The molecular formula is C12H13N3O3. The van der Waals surface area contributed by atoms with Crippen molar-refractivity contribution >= 4 is 23.5 Å². The topological polar surface area (TPSA) is 101 Å². The van der Waals surface area contributed by atoms with E-state index in [-0.39, 0.29) is 6.42 Å². The monoisotopic (exact) mass is 247 g/mol. The molecule has 0 bridgehead atoms. The van der Waals surface area contributed by atoms with Crippen molar-refractivity contribution in [3.05, 3.63) is 29.8 Å². The molecule has 4 amide bonds. The van der Waals surface area contributed by atoms with Gasteiger partial charge >= 0.3 is 6.03 Å². The van der Waals surface area contributed by atoms with Gasteiger partial charge in [0.15, 0.2) is 5.41 Å². The van der Waals surface area contributed by atoms with E-state index in [0.29, 0.717) is 11.3 Å². The zero-order chi connectivity index (χ0) is 13.3. The van der Waals surface area contributed by atoms with E-state index in [2.05, 4.69) is 10.6 Å². The number of carbonyl (C=O) groups excluding carboxylic acids is 3. The summed E-state index contributed by atoms with van der Waals surface area (Å²) >= 11 is 0. The molecule has 6 heteroatoms. The molecule has 0 spiro atoms. The molecule has 1 saturated heterocycles. The molecule has 2 rings (SSSR count). The first-order valence-electron chi connectivity index (χ1n) is 5.53. The number of nitrogens with one attached hydrogen (secondary N) is 2. The van der Waals surface area contributed by atoms with Crippen molar-refractivity contribution < 1.29 is 14.4 Å². The van der Waals surface area contributed by atoms with Crippen molar-refractivity contribution in [3.63, 3.8) is 0 Å². The van der Waals surface area contributed by atoms with Crippen molar-refractivity contribution in [1.82, 2.24) is 10.6 Å². The van der Waals surface area contributed by atoms with Crippen LogP contribution in [0.25, 0.3) is 0 Å². The summed E-state index contributed by atoms with van der Waals surface area (Å²) in [6.45, 7) is 1.71. The Bertz CT molecular complexity index is 502. The first kappa shape index (κ1) is 12.1. The van der Waals surface area contributed by atoms with Crippen LogP contribution in [0, 0.1) is 0 Å². The Labute approximate surface area is 104 Å². The highest BCUT2D eigenvalue weighted by Crippen LogP contribution is 2.31. The summed E-state index contributed by atoms with van der Waals surface area (Å²) in [6, 6.07) is 5.68. The second-order valence-corrected chi connectivity index (χ2v) is 4.12. The summed E-state index contributed by atoms with van der Waals surface area (Å²) in [5, 5.41) is 4.25. The SMILES string of the molecule is CCC1(c2ccc(N)cc2)C(=O)NC(=O)NC1=O. The lowest BCUT2D eigenvalue weighted by molar-refractivity contribution is -0.138. The van der Waals surface area contributed by atoms with Gasteiger partial charge in [-0.2, -0.15) is 0 Å². The molecule has 0 atom stereocenters. The van der Waals surface area contributed by atoms with Crippen LogP contribution < -0.4 is 16.4 Å². The van der Waals surface area contributed by atoms with Crippen LogP contribution in [0.15, 0.2) is 24.3 Å². The van der Waals surface area contributed by atoms with Gasteiger partial charge in [-0.1, -0.05) is 19.1 Å². The first-order chi connectivity index (χ1) is 8.50. The molecule has 94 valence electrons. The Kier molecular flexibility index (Phi) is 2.78. The van der Waals surface area contributed by atoms with Gasteiger partial charge in [0.05, 0.1) is 0 Å². The fourth-order valence-electron chi connectivity index (χ4n) is 2.11. The van der Waals surface area contributed by atoms with Gasteiger partial charge in [-0.25, -0.2) is 4.79 Å². The number of carbonyl (C=O) groups is 3. The van der Waals surface area contributed by atoms with Crippen molar-refractivity contribution in [2.45, 2.75) is 18.8 Å². The Morgan fingerprint density at radius 1 is 1.06 bits per heavy atom. The normalized spacial score (nSPS) is 18.2. The van der Waals surface area contributed by atoms with E-state index in [1.807, 2.05) is 0 Å². The van der Waals surface area contributed by atoms with E-state index in [0.717, 1.165) is 0 Å². The van der Waals surface area contributed by atoms with Crippen LogP contribution in [0.2, 0.25) is 0 Å². The van der Waals surface area contributed by atoms with E-state index in [9.17, 15) is 14.4 Å². The van der Waals surface area contributed by atoms with E-state index in [4.69, 9.17) is 5.73 Å². The Morgan fingerprint density at radius 2 is 1.56 bits per heavy atom. The Hall–Kier alpha value is -2.37. The number of hydrogen-bond acceptors (Lipinski definition) is 4. The Balaban J connectivity index is 2.53.